The Kier molecular flexibility index (Phi) is 11.0. The molecule has 0 aliphatic heterocycles. The van der Waals surface area contributed by atoms with Crippen LogP contribution in [-0.2, 0) is 4.79 Å². The van der Waals surface area contributed by atoms with Crippen LogP contribution in [0.4, 0.5) is 0 Å². The minimum Gasteiger partial charge on any atom is -0.356 e. The van der Waals surface area contributed by atoms with E-state index in [1.54, 1.807) is 0 Å². The smallest absolute Gasteiger partial charge is 0.223 e. The summed E-state index contributed by atoms with van der Waals surface area (Å²) in [5.74, 6) is 1.19. The van der Waals surface area contributed by atoms with Gasteiger partial charge in [-0.15, -0.1) is 0 Å². The zero-order chi connectivity index (χ0) is 13.1. The summed E-state index contributed by atoms with van der Waals surface area (Å²) >= 11 is 3.47. The number of hydrogen-bond acceptors (Lipinski definition) is 1. The van der Waals surface area contributed by atoms with E-state index >= 15 is 0 Å². The molecule has 0 heterocycles. The van der Waals surface area contributed by atoms with Gasteiger partial charge in [-0.1, -0.05) is 49.5 Å². The van der Waals surface area contributed by atoms with Gasteiger partial charge in [-0.3, -0.25) is 4.79 Å². The van der Waals surface area contributed by atoms with Crippen LogP contribution in [0.5, 0.6) is 0 Å². The zero-order valence-corrected chi connectivity index (χ0v) is 13.2. The summed E-state index contributed by atoms with van der Waals surface area (Å²) in [4.78, 5) is 11.9. The fourth-order valence-electron chi connectivity index (χ4n) is 1.85. The molecule has 2 unspecified atom stereocenters. The second-order valence-electron chi connectivity index (χ2n) is 4.94. The molecule has 1 amide bonds. The first-order valence-corrected chi connectivity index (χ1v) is 8.11. The van der Waals surface area contributed by atoms with Crippen molar-refractivity contribution in [2.24, 2.45) is 11.8 Å². The molecule has 2 atom stereocenters. The highest BCUT2D eigenvalue weighted by atomic mass is 79.9. The van der Waals surface area contributed by atoms with Crippen LogP contribution >= 0.6 is 15.9 Å². The van der Waals surface area contributed by atoms with Gasteiger partial charge >= 0.3 is 0 Å². The topological polar surface area (TPSA) is 29.1 Å². The SMILES string of the molecule is CCCCC(CC)C(=O)NCCCC(C)CBr. The zero-order valence-electron chi connectivity index (χ0n) is 11.6. The van der Waals surface area contributed by atoms with Crippen LogP contribution in [0.2, 0.25) is 0 Å². The Morgan fingerprint density at radius 2 is 1.94 bits per heavy atom. The van der Waals surface area contributed by atoms with E-state index < -0.39 is 0 Å². The van der Waals surface area contributed by atoms with E-state index in [4.69, 9.17) is 0 Å². The molecular formula is C14H28BrNO. The van der Waals surface area contributed by atoms with Crippen molar-refractivity contribution < 1.29 is 4.79 Å². The Morgan fingerprint density at radius 3 is 2.47 bits per heavy atom. The van der Waals surface area contributed by atoms with E-state index in [1.807, 2.05) is 0 Å². The van der Waals surface area contributed by atoms with Gasteiger partial charge < -0.3 is 5.32 Å². The van der Waals surface area contributed by atoms with E-state index in [-0.39, 0.29) is 11.8 Å². The molecule has 0 radical (unpaired) electrons. The normalized spacial score (nSPS) is 14.4. The Labute approximate surface area is 115 Å². The van der Waals surface area contributed by atoms with Crippen LogP contribution in [0.15, 0.2) is 0 Å². The van der Waals surface area contributed by atoms with Gasteiger partial charge in [0.15, 0.2) is 0 Å². The predicted octanol–water partition coefficient (Wildman–Crippen LogP) is 4.13. The minimum atomic E-state index is 0.226. The Morgan fingerprint density at radius 1 is 1.24 bits per heavy atom. The fourth-order valence-corrected chi connectivity index (χ4v) is 2.18. The van der Waals surface area contributed by atoms with Crippen LogP contribution in [0.1, 0.15) is 59.3 Å². The van der Waals surface area contributed by atoms with E-state index in [9.17, 15) is 4.79 Å². The number of unbranched alkanes of at least 4 members (excludes halogenated alkanes) is 1. The molecule has 0 aliphatic rings. The molecule has 0 spiro atoms. The molecule has 0 rings (SSSR count). The first-order chi connectivity index (χ1) is 8.15. The van der Waals surface area contributed by atoms with Gasteiger partial charge in [-0.25, -0.2) is 0 Å². The van der Waals surface area contributed by atoms with E-state index in [0.717, 1.165) is 37.6 Å². The van der Waals surface area contributed by atoms with Gasteiger partial charge in [-0.2, -0.15) is 0 Å². The quantitative estimate of drug-likeness (QED) is 0.477. The number of carbonyl (C=O) groups is 1. The standard InChI is InChI=1S/C14H28BrNO/c1-4-6-9-13(5-2)14(17)16-10-7-8-12(3)11-15/h12-13H,4-11H2,1-3H3,(H,16,17). The molecule has 1 N–H and O–H groups in total. The van der Waals surface area contributed by atoms with Crippen molar-refractivity contribution in [1.29, 1.82) is 0 Å². The number of nitrogens with one attached hydrogen (secondary N) is 1. The number of alkyl halides is 1. The number of hydrogen-bond donors (Lipinski definition) is 1. The van der Waals surface area contributed by atoms with Crippen LogP contribution in [0, 0.1) is 11.8 Å². The van der Waals surface area contributed by atoms with Crippen molar-refractivity contribution >= 4 is 21.8 Å². The van der Waals surface area contributed by atoms with Gasteiger partial charge in [0, 0.05) is 17.8 Å². The summed E-state index contributed by atoms with van der Waals surface area (Å²) in [7, 11) is 0. The first-order valence-electron chi connectivity index (χ1n) is 6.99. The van der Waals surface area contributed by atoms with Gasteiger partial charge in [0.05, 0.1) is 0 Å². The monoisotopic (exact) mass is 305 g/mol. The maximum absolute atomic E-state index is 11.9. The lowest BCUT2D eigenvalue weighted by Crippen LogP contribution is -2.31. The van der Waals surface area contributed by atoms with Crippen molar-refractivity contribution in [2.45, 2.75) is 59.3 Å². The Balaban J connectivity index is 3.67. The lowest BCUT2D eigenvalue weighted by atomic mass is 9.98. The molecule has 0 aromatic heterocycles. The fraction of sp³-hybridized carbons (Fsp3) is 0.929. The van der Waals surface area contributed by atoms with Crippen molar-refractivity contribution in [3.63, 3.8) is 0 Å². The highest BCUT2D eigenvalue weighted by Gasteiger charge is 2.14. The van der Waals surface area contributed by atoms with Gasteiger partial charge in [0.25, 0.3) is 0 Å². The van der Waals surface area contributed by atoms with E-state index in [1.165, 1.54) is 12.8 Å². The predicted molar refractivity (Wildman–Crippen MR) is 78.5 cm³/mol. The molecule has 0 aliphatic carbocycles. The van der Waals surface area contributed by atoms with Gasteiger partial charge in [-0.05, 0) is 31.6 Å². The largest absolute Gasteiger partial charge is 0.356 e. The molecule has 0 bridgehead atoms. The lowest BCUT2D eigenvalue weighted by Gasteiger charge is -2.15. The summed E-state index contributed by atoms with van der Waals surface area (Å²) in [5.41, 5.74) is 0. The van der Waals surface area contributed by atoms with Crippen molar-refractivity contribution in [2.75, 3.05) is 11.9 Å². The molecule has 0 aromatic rings. The van der Waals surface area contributed by atoms with Gasteiger partial charge in [0.1, 0.15) is 0 Å². The second-order valence-corrected chi connectivity index (χ2v) is 5.59. The third-order valence-electron chi connectivity index (χ3n) is 3.21. The molecule has 0 fully saturated rings. The molecule has 0 aromatic carbocycles. The lowest BCUT2D eigenvalue weighted by molar-refractivity contribution is -0.125. The molecule has 0 saturated carbocycles. The number of amides is 1. The van der Waals surface area contributed by atoms with Crippen molar-refractivity contribution in [1.82, 2.24) is 5.32 Å². The highest BCUT2D eigenvalue weighted by Crippen LogP contribution is 2.13. The van der Waals surface area contributed by atoms with Crippen LogP contribution in [-0.4, -0.2) is 17.8 Å². The average Bonchev–Trinajstić information content (AvgIpc) is 2.35. The number of halogens is 1. The average molecular weight is 306 g/mol. The van der Waals surface area contributed by atoms with Crippen molar-refractivity contribution in [3.05, 3.63) is 0 Å². The highest BCUT2D eigenvalue weighted by molar-refractivity contribution is 9.09. The Hall–Kier alpha value is -0.0500. The second kappa shape index (κ2) is 11.1. The molecule has 17 heavy (non-hydrogen) atoms. The van der Waals surface area contributed by atoms with Crippen LogP contribution in [0.25, 0.3) is 0 Å². The summed E-state index contributed by atoms with van der Waals surface area (Å²) in [6.45, 7) is 7.34. The van der Waals surface area contributed by atoms with Crippen molar-refractivity contribution in [3.8, 4) is 0 Å². The summed E-state index contributed by atoms with van der Waals surface area (Å²) in [6, 6.07) is 0. The maximum atomic E-state index is 11.9. The summed E-state index contributed by atoms with van der Waals surface area (Å²) in [5, 5.41) is 4.12. The minimum absolute atomic E-state index is 0.226. The molecular weight excluding hydrogens is 278 g/mol. The molecule has 2 nitrogen and oxygen atoms in total. The van der Waals surface area contributed by atoms with Gasteiger partial charge in [0.2, 0.25) is 5.91 Å². The van der Waals surface area contributed by atoms with E-state index in [0.29, 0.717) is 5.92 Å². The van der Waals surface area contributed by atoms with Crippen LogP contribution in [0.3, 0.4) is 0 Å². The van der Waals surface area contributed by atoms with Crippen LogP contribution < -0.4 is 5.32 Å². The molecule has 0 saturated heterocycles. The maximum Gasteiger partial charge on any atom is 0.223 e. The Bertz CT molecular complexity index is 197. The number of carbonyl (C=O) groups excluding carboxylic acids is 1. The summed E-state index contributed by atoms with van der Waals surface area (Å²) in [6.07, 6.45) is 6.60. The number of rotatable bonds is 10. The summed E-state index contributed by atoms with van der Waals surface area (Å²) < 4.78 is 0. The third-order valence-corrected chi connectivity index (χ3v) is 4.31. The molecule has 3 heteroatoms. The third kappa shape index (κ3) is 8.64. The first kappa shape index (κ1) is 16.9. The van der Waals surface area contributed by atoms with E-state index in [2.05, 4.69) is 42.0 Å². The molecule has 102 valence electrons.